The predicted octanol–water partition coefficient (Wildman–Crippen LogP) is 4.18. The van der Waals surface area contributed by atoms with Crippen LogP contribution in [0.15, 0.2) is 41.3 Å². The first-order valence-corrected chi connectivity index (χ1v) is 11.9. The van der Waals surface area contributed by atoms with Gasteiger partial charge in [-0.15, -0.1) is 0 Å². The molecule has 164 valence electrons. The molecule has 0 unspecified atom stereocenters. The average Bonchev–Trinajstić information content (AvgIpc) is 3.02. The minimum atomic E-state index is -3.71. The number of hydrogen-bond donors (Lipinski definition) is 2. The summed E-state index contributed by atoms with van der Waals surface area (Å²) in [5.74, 6) is 0.117. The number of hydrogen-bond acceptors (Lipinski definition) is 4. The summed E-state index contributed by atoms with van der Waals surface area (Å²) < 4.78 is 28.8. The number of benzene rings is 2. The van der Waals surface area contributed by atoms with Gasteiger partial charge in [0.25, 0.3) is 0 Å². The van der Waals surface area contributed by atoms with Crippen LogP contribution in [0.4, 0.5) is 5.69 Å². The molecule has 1 aliphatic rings. The number of ketones is 1. The number of rotatable bonds is 5. The summed E-state index contributed by atoms with van der Waals surface area (Å²) in [5, 5.41) is 0.811. The number of Topliss-reactive ketones (excluding diaryl/α,β-unsaturated/α-hetero) is 1. The molecular weight excluding hydrogens is 410 g/mol. The van der Waals surface area contributed by atoms with E-state index in [1.54, 1.807) is 13.0 Å². The van der Waals surface area contributed by atoms with E-state index >= 15 is 0 Å². The summed E-state index contributed by atoms with van der Waals surface area (Å²) in [5.41, 5.74) is 4.78. The Labute approximate surface area is 183 Å². The molecule has 3 aromatic rings. The minimum Gasteiger partial charge on any atom is -0.378 e. The fraction of sp³-hybridized carbons (Fsp3) is 0.375. The maximum Gasteiger partial charge on any atom is 0.241 e. The highest BCUT2D eigenvalue weighted by Crippen LogP contribution is 2.39. The van der Waals surface area contributed by atoms with Gasteiger partial charge in [0, 0.05) is 54.9 Å². The number of fused-ring (bicyclic) bond motifs is 3. The molecule has 0 atom stereocenters. The second kappa shape index (κ2) is 7.50. The molecule has 1 heterocycles. The molecule has 0 saturated carbocycles. The van der Waals surface area contributed by atoms with Crippen LogP contribution in [0.25, 0.3) is 10.9 Å². The first-order chi connectivity index (χ1) is 14.5. The van der Waals surface area contributed by atoms with Crippen LogP contribution in [-0.2, 0) is 23.0 Å². The largest absolute Gasteiger partial charge is 0.378 e. The van der Waals surface area contributed by atoms with E-state index in [-0.39, 0.29) is 22.6 Å². The van der Waals surface area contributed by atoms with Crippen LogP contribution in [-0.4, -0.2) is 33.3 Å². The Morgan fingerprint density at radius 1 is 1.10 bits per heavy atom. The summed E-state index contributed by atoms with van der Waals surface area (Å²) in [6, 6.07) is 11.2. The Bertz CT molecular complexity index is 1270. The zero-order valence-corrected chi connectivity index (χ0v) is 19.5. The van der Waals surface area contributed by atoms with E-state index in [0.717, 1.165) is 34.3 Å². The van der Waals surface area contributed by atoms with Gasteiger partial charge >= 0.3 is 0 Å². The average molecular weight is 440 g/mol. The Balaban J connectivity index is 1.64. The third-order valence-corrected chi connectivity index (χ3v) is 7.50. The highest BCUT2D eigenvalue weighted by atomic mass is 32.2. The van der Waals surface area contributed by atoms with Gasteiger partial charge < -0.3 is 9.88 Å². The lowest BCUT2D eigenvalue weighted by molar-refractivity contribution is 0.0913. The minimum absolute atomic E-state index is 0.0986. The summed E-state index contributed by atoms with van der Waals surface area (Å²) in [6.07, 6.45) is 1.27. The van der Waals surface area contributed by atoms with E-state index in [9.17, 15) is 13.2 Å². The van der Waals surface area contributed by atoms with E-state index in [2.05, 4.69) is 23.6 Å². The number of aryl methyl sites for hydroxylation is 1. The number of carbonyl (C=O) groups is 1. The lowest BCUT2D eigenvalue weighted by Crippen LogP contribution is -2.26. The molecule has 0 fully saturated rings. The van der Waals surface area contributed by atoms with Gasteiger partial charge in [-0.25, -0.2) is 13.1 Å². The van der Waals surface area contributed by atoms with Crippen LogP contribution in [0.5, 0.6) is 0 Å². The third-order valence-electron chi connectivity index (χ3n) is 5.95. The van der Waals surface area contributed by atoms with Gasteiger partial charge in [-0.1, -0.05) is 26.0 Å². The maximum atomic E-state index is 13.1. The van der Waals surface area contributed by atoms with E-state index in [0.29, 0.717) is 17.5 Å². The molecule has 1 aromatic heterocycles. The number of nitrogens with one attached hydrogen (secondary N) is 2. The molecule has 0 bridgehead atoms. The van der Waals surface area contributed by atoms with Crippen molar-refractivity contribution >= 4 is 32.4 Å². The number of anilines is 1. The van der Waals surface area contributed by atoms with Crippen molar-refractivity contribution in [2.45, 2.75) is 45.1 Å². The molecule has 2 N–H and O–H groups in total. The number of carbonyl (C=O) groups excluding carboxylic acids is 1. The smallest absolute Gasteiger partial charge is 0.241 e. The van der Waals surface area contributed by atoms with Crippen LogP contribution in [0.2, 0.25) is 0 Å². The molecule has 2 aromatic carbocycles. The lowest BCUT2D eigenvalue weighted by atomic mass is 9.76. The van der Waals surface area contributed by atoms with Crippen LogP contribution in [0, 0.1) is 12.3 Å². The normalized spacial score (nSPS) is 15.8. The molecule has 1 aliphatic carbocycles. The Morgan fingerprint density at radius 3 is 2.42 bits per heavy atom. The molecule has 4 rings (SSSR count). The first-order valence-electron chi connectivity index (χ1n) is 10.4. The van der Waals surface area contributed by atoms with E-state index in [1.165, 1.54) is 0 Å². The Morgan fingerprint density at radius 2 is 1.77 bits per heavy atom. The predicted molar refractivity (Wildman–Crippen MR) is 124 cm³/mol. The van der Waals surface area contributed by atoms with Gasteiger partial charge in [0.15, 0.2) is 5.78 Å². The SMILES string of the molecule is Cc1cc2c3c([nH]c2cc1S(=O)(=O)NCc1ccc(N(C)C)cc1)CC(C)(C)CC3=O. The van der Waals surface area contributed by atoms with Crippen molar-refractivity contribution in [1.29, 1.82) is 0 Å². The van der Waals surface area contributed by atoms with Crippen molar-refractivity contribution in [3.63, 3.8) is 0 Å². The van der Waals surface area contributed by atoms with Crippen molar-refractivity contribution in [2.24, 2.45) is 5.41 Å². The quantitative estimate of drug-likeness (QED) is 0.625. The fourth-order valence-electron chi connectivity index (χ4n) is 4.36. The summed E-state index contributed by atoms with van der Waals surface area (Å²) in [4.78, 5) is 18.3. The van der Waals surface area contributed by atoms with E-state index in [4.69, 9.17) is 0 Å². The molecule has 0 amide bonds. The highest BCUT2D eigenvalue weighted by molar-refractivity contribution is 7.89. The molecule has 7 heteroatoms. The molecule has 6 nitrogen and oxygen atoms in total. The summed E-state index contributed by atoms with van der Waals surface area (Å²) >= 11 is 0. The zero-order chi connectivity index (χ0) is 22.6. The second-order valence-electron chi connectivity index (χ2n) is 9.47. The van der Waals surface area contributed by atoms with Gasteiger partial charge in [0.1, 0.15) is 0 Å². The highest BCUT2D eigenvalue weighted by Gasteiger charge is 2.34. The molecule has 0 saturated heterocycles. The van der Waals surface area contributed by atoms with Gasteiger partial charge in [-0.05, 0) is 54.2 Å². The van der Waals surface area contributed by atoms with Crippen LogP contribution >= 0.6 is 0 Å². The van der Waals surface area contributed by atoms with E-state index < -0.39 is 10.0 Å². The van der Waals surface area contributed by atoms with Crippen molar-refractivity contribution < 1.29 is 13.2 Å². The molecule has 0 spiro atoms. The number of sulfonamides is 1. The number of aromatic nitrogens is 1. The van der Waals surface area contributed by atoms with Crippen LogP contribution < -0.4 is 9.62 Å². The fourth-order valence-corrected chi connectivity index (χ4v) is 5.63. The second-order valence-corrected chi connectivity index (χ2v) is 11.2. The molecule has 0 aliphatic heterocycles. The molecular formula is C24H29N3O3S. The Hall–Kier alpha value is -2.64. The Kier molecular flexibility index (Phi) is 5.22. The molecule has 31 heavy (non-hydrogen) atoms. The lowest BCUT2D eigenvalue weighted by Gasteiger charge is -2.28. The van der Waals surface area contributed by atoms with Crippen LogP contribution in [0.1, 0.15) is 47.4 Å². The standard InChI is InChI=1S/C24H29N3O3S/c1-15-10-18-19(26-20-12-24(2,3)13-21(28)23(18)20)11-22(15)31(29,30)25-14-16-6-8-17(9-7-16)27(4)5/h6-11,25-26H,12-14H2,1-5H3. The van der Waals surface area contributed by atoms with E-state index in [1.807, 2.05) is 49.3 Å². The van der Waals surface area contributed by atoms with Crippen LogP contribution in [0.3, 0.4) is 0 Å². The topological polar surface area (TPSA) is 82.3 Å². The van der Waals surface area contributed by atoms with Crippen molar-refractivity contribution in [3.8, 4) is 0 Å². The van der Waals surface area contributed by atoms with Gasteiger partial charge in [0.05, 0.1) is 4.90 Å². The first kappa shape index (κ1) is 21.6. The maximum absolute atomic E-state index is 13.1. The van der Waals surface area contributed by atoms with Crippen molar-refractivity contribution in [2.75, 3.05) is 19.0 Å². The number of nitrogens with zero attached hydrogens (tertiary/aromatic N) is 1. The monoisotopic (exact) mass is 439 g/mol. The number of H-pyrrole nitrogens is 1. The van der Waals surface area contributed by atoms with Crippen molar-refractivity contribution in [1.82, 2.24) is 9.71 Å². The third kappa shape index (κ3) is 4.12. The summed E-state index contributed by atoms with van der Waals surface area (Å²) in [7, 11) is 0.214. The van der Waals surface area contributed by atoms with Gasteiger partial charge in [0.2, 0.25) is 10.0 Å². The molecule has 0 radical (unpaired) electrons. The van der Waals surface area contributed by atoms with Crippen molar-refractivity contribution in [3.05, 3.63) is 58.8 Å². The number of aromatic amines is 1. The van der Waals surface area contributed by atoms with Gasteiger partial charge in [-0.2, -0.15) is 0 Å². The summed E-state index contributed by atoms with van der Waals surface area (Å²) in [6.45, 7) is 6.14. The zero-order valence-electron chi connectivity index (χ0n) is 18.7. The van der Waals surface area contributed by atoms with Gasteiger partial charge in [-0.3, -0.25) is 4.79 Å².